The lowest BCUT2D eigenvalue weighted by atomic mass is 10.0. The molecule has 3 atom stereocenters. The van der Waals surface area contributed by atoms with Gasteiger partial charge in [0, 0.05) is 0 Å². The van der Waals surface area contributed by atoms with E-state index in [0.717, 1.165) is 5.56 Å². The van der Waals surface area contributed by atoms with Gasteiger partial charge in [-0.15, -0.1) is 0 Å². The van der Waals surface area contributed by atoms with E-state index in [0.29, 0.717) is 0 Å². The van der Waals surface area contributed by atoms with Gasteiger partial charge in [-0.05, 0) is 19.4 Å². The van der Waals surface area contributed by atoms with Crippen molar-refractivity contribution in [3.05, 3.63) is 35.9 Å². The summed E-state index contributed by atoms with van der Waals surface area (Å²) in [6.45, 7) is 3.51. The number of carbonyl (C=O) groups is 2. The van der Waals surface area contributed by atoms with Gasteiger partial charge >= 0.3 is 6.09 Å². The molecule has 2 rings (SSSR count). The van der Waals surface area contributed by atoms with E-state index in [1.165, 1.54) is 4.90 Å². The molecule has 0 radical (unpaired) electrons. The topological polar surface area (TPSA) is 46.6 Å². The van der Waals surface area contributed by atoms with Crippen LogP contribution in [0.2, 0.25) is 0 Å². The summed E-state index contributed by atoms with van der Waals surface area (Å²) in [7, 11) is 0. The Morgan fingerprint density at radius 3 is 2.56 bits per heavy atom. The van der Waals surface area contributed by atoms with E-state index in [-0.39, 0.29) is 11.9 Å². The molecular weight excluding hydrogens is 298 g/mol. The third-order valence-corrected chi connectivity index (χ3v) is 3.37. The van der Waals surface area contributed by atoms with E-state index in [1.54, 1.807) is 6.92 Å². The molecule has 0 spiro atoms. The standard InChI is InChI=1S/C13H14BrNO3/c1-8(14)12(16)15-9(2)11(18-13(15)17)10-6-4-3-5-7-10/h3-9,11H,1-2H3/t8?,9-,11-/m1/s1. The van der Waals surface area contributed by atoms with Crippen LogP contribution in [0.4, 0.5) is 4.79 Å². The van der Waals surface area contributed by atoms with Gasteiger partial charge in [0.05, 0.1) is 10.9 Å². The number of hydrogen-bond donors (Lipinski definition) is 0. The molecule has 2 amide bonds. The lowest BCUT2D eigenvalue weighted by Crippen LogP contribution is -2.41. The minimum Gasteiger partial charge on any atom is -0.439 e. The van der Waals surface area contributed by atoms with Crippen LogP contribution in [0.25, 0.3) is 0 Å². The molecule has 0 saturated carbocycles. The fourth-order valence-electron chi connectivity index (χ4n) is 2.04. The van der Waals surface area contributed by atoms with Crippen molar-refractivity contribution in [2.75, 3.05) is 0 Å². The highest BCUT2D eigenvalue weighted by Gasteiger charge is 2.44. The van der Waals surface area contributed by atoms with Crippen molar-refractivity contribution in [2.45, 2.75) is 30.8 Å². The van der Waals surface area contributed by atoms with Gasteiger partial charge in [0.1, 0.15) is 6.10 Å². The van der Waals surface area contributed by atoms with Crippen molar-refractivity contribution < 1.29 is 14.3 Å². The molecule has 1 saturated heterocycles. The molecule has 1 unspecified atom stereocenters. The number of carbonyl (C=O) groups excluding carboxylic acids is 2. The Bertz CT molecular complexity index is 461. The molecule has 1 fully saturated rings. The van der Waals surface area contributed by atoms with E-state index in [2.05, 4.69) is 15.9 Å². The number of imide groups is 1. The van der Waals surface area contributed by atoms with Crippen molar-refractivity contribution in [3.63, 3.8) is 0 Å². The molecule has 1 heterocycles. The van der Waals surface area contributed by atoms with Crippen LogP contribution in [0.5, 0.6) is 0 Å². The summed E-state index contributed by atoms with van der Waals surface area (Å²) in [4.78, 5) is 24.5. The van der Waals surface area contributed by atoms with E-state index in [4.69, 9.17) is 4.74 Å². The zero-order valence-corrected chi connectivity index (χ0v) is 11.8. The first kappa shape index (κ1) is 13.1. The fourth-order valence-corrected chi connectivity index (χ4v) is 2.26. The van der Waals surface area contributed by atoms with Crippen molar-refractivity contribution in [1.29, 1.82) is 0 Å². The number of rotatable bonds is 2. The number of nitrogens with zero attached hydrogens (tertiary/aromatic N) is 1. The molecule has 96 valence electrons. The minimum absolute atomic E-state index is 0.272. The Morgan fingerprint density at radius 2 is 2.00 bits per heavy atom. The van der Waals surface area contributed by atoms with Crippen LogP contribution in [-0.2, 0) is 9.53 Å². The summed E-state index contributed by atoms with van der Waals surface area (Å²) in [6.07, 6.45) is -0.971. The number of hydrogen-bond acceptors (Lipinski definition) is 3. The van der Waals surface area contributed by atoms with E-state index in [9.17, 15) is 9.59 Å². The summed E-state index contributed by atoms with van der Waals surface area (Å²) in [5.74, 6) is -0.272. The van der Waals surface area contributed by atoms with Gasteiger partial charge in [0.25, 0.3) is 0 Å². The van der Waals surface area contributed by atoms with Gasteiger partial charge in [-0.3, -0.25) is 4.79 Å². The van der Waals surface area contributed by atoms with Crippen molar-refractivity contribution in [1.82, 2.24) is 4.90 Å². The second-order valence-electron chi connectivity index (χ2n) is 4.28. The van der Waals surface area contributed by atoms with Crippen LogP contribution in [0, 0.1) is 0 Å². The van der Waals surface area contributed by atoms with Gasteiger partial charge in [-0.1, -0.05) is 46.3 Å². The van der Waals surface area contributed by atoms with Crippen LogP contribution in [0.1, 0.15) is 25.5 Å². The molecule has 1 aliphatic rings. The molecule has 0 aliphatic carbocycles. The predicted molar refractivity (Wildman–Crippen MR) is 70.4 cm³/mol. The van der Waals surface area contributed by atoms with Crippen molar-refractivity contribution in [3.8, 4) is 0 Å². The first-order valence-electron chi connectivity index (χ1n) is 5.75. The summed E-state index contributed by atoms with van der Waals surface area (Å²) in [5, 5.41) is 0. The van der Waals surface area contributed by atoms with E-state index in [1.807, 2.05) is 37.3 Å². The number of benzene rings is 1. The Kier molecular flexibility index (Phi) is 3.71. The third kappa shape index (κ3) is 2.27. The van der Waals surface area contributed by atoms with Gasteiger partial charge in [-0.25, -0.2) is 9.69 Å². The number of halogens is 1. The maximum absolute atomic E-state index is 11.9. The van der Waals surface area contributed by atoms with Gasteiger partial charge in [0.15, 0.2) is 0 Å². The monoisotopic (exact) mass is 311 g/mol. The maximum Gasteiger partial charge on any atom is 0.417 e. The molecule has 1 aromatic rings. The largest absolute Gasteiger partial charge is 0.439 e. The molecule has 0 N–H and O–H groups in total. The number of amides is 2. The Hall–Kier alpha value is -1.36. The maximum atomic E-state index is 11.9. The smallest absolute Gasteiger partial charge is 0.417 e. The highest BCUT2D eigenvalue weighted by molar-refractivity contribution is 9.10. The van der Waals surface area contributed by atoms with Crippen LogP contribution >= 0.6 is 15.9 Å². The number of ether oxygens (including phenoxy) is 1. The predicted octanol–water partition coefficient (Wildman–Crippen LogP) is 2.88. The molecule has 1 aromatic carbocycles. The van der Waals surface area contributed by atoms with Gasteiger partial charge in [0.2, 0.25) is 5.91 Å². The number of cyclic esters (lactones) is 1. The number of alkyl halides is 1. The van der Waals surface area contributed by atoms with Crippen LogP contribution < -0.4 is 0 Å². The molecule has 1 aliphatic heterocycles. The van der Waals surface area contributed by atoms with E-state index >= 15 is 0 Å². The zero-order chi connectivity index (χ0) is 13.3. The summed E-state index contributed by atoms with van der Waals surface area (Å²) < 4.78 is 5.29. The third-order valence-electron chi connectivity index (χ3n) is 2.98. The van der Waals surface area contributed by atoms with Crippen molar-refractivity contribution in [2.24, 2.45) is 0 Å². The first-order chi connectivity index (χ1) is 8.52. The van der Waals surface area contributed by atoms with Crippen LogP contribution in [0.3, 0.4) is 0 Å². The fraction of sp³-hybridized carbons (Fsp3) is 0.385. The molecular formula is C13H14BrNO3. The summed E-state index contributed by atoms with van der Waals surface area (Å²) in [5.41, 5.74) is 0.899. The second-order valence-corrected chi connectivity index (χ2v) is 5.65. The summed E-state index contributed by atoms with van der Waals surface area (Å²) in [6, 6.07) is 9.14. The zero-order valence-electron chi connectivity index (χ0n) is 10.2. The van der Waals surface area contributed by atoms with Gasteiger partial charge in [-0.2, -0.15) is 0 Å². The van der Waals surface area contributed by atoms with Gasteiger partial charge < -0.3 is 4.74 Å². The first-order valence-corrected chi connectivity index (χ1v) is 6.66. The molecule has 0 aromatic heterocycles. The average molecular weight is 312 g/mol. The summed E-state index contributed by atoms with van der Waals surface area (Å²) >= 11 is 3.18. The Morgan fingerprint density at radius 1 is 1.39 bits per heavy atom. The lowest BCUT2D eigenvalue weighted by Gasteiger charge is -2.20. The molecule has 5 heteroatoms. The second kappa shape index (κ2) is 5.10. The van der Waals surface area contributed by atoms with Crippen LogP contribution in [0.15, 0.2) is 30.3 Å². The SMILES string of the molecule is CC(Br)C(=O)N1C(=O)O[C@@H](c2ccccc2)[C@H]1C. The molecule has 18 heavy (non-hydrogen) atoms. The molecule has 4 nitrogen and oxygen atoms in total. The highest BCUT2D eigenvalue weighted by Crippen LogP contribution is 2.32. The average Bonchev–Trinajstić information content (AvgIpc) is 2.65. The lowest BCUT2D eigenvalue weighted by molar-refractivity contribution is -0.128. The Balaban J connectivity index is 2.24. The van der Waals surface area contributed by atoms with E-state index < -0.39 is 17.0 Å². The quantitative estimate of drug-likeness (QED) is 0.789. The normalized spacial score (nSPS) is 24.8. The highest BCUT2D eigenvalue weighted by atomic mass is 79.9. The minimum atomic E-state index is -0.576. The van der Waals surface area contributed by atoms with Crippen LogP contribution in [-0.4, -0.2) is 27.8 Å². The Labute approximate surface area is 114 Å². The molecule has 0 bridgehead atoms. The van der Waals surface area contributed by atoms with Crippen molar-refractivity contribution >= 4 is 27.9 Å².